The van der Waals surface area contributed by atoms with Gasteiger partial charge in [0.15, 0.2) is 0 Å². The number of para-hydroxylation sites is 2. The molecule has 0 fully saturated rings. The second-order valence-electron chi connectivity index (χ2n) is 6.29. The molecule has 2 aromatic heterocycles. The van der Waals surface area contributed by atoms with Gasteiger partial charge in [-0.1, -0.05) is 42.5 Å². The van der Waals surface area contributed by atoms with Crippen LogP contribution in [0, 0.1) is 0 Å². The molecule has 1 N–H and O–H groups in total. The summed E-state index contributed by atoms with van der Waals surface area (Å²) in [6.45, 7) is -3.33. The summed E-state index contributed by atoms with van der Waals surface area (Å²) in [7, 11) is 0. The Bertz CT molecular complexity index is 1260. The van der Waals surface area contributed by atoms with Gasteiger partial charge in [0, 0.05) is 4.88 Å². The predicted molar refractivity (Wildman–Crippen MR) is 111 cm³/mol. The number of benzene rings is 2. The Morgan fingerprint density at radius 2 is 1.87 bits per heavy atom. The topological polar surface area (TPSA) is 73.2 Å². The summed E-state index contributed by atoms with van der Waals surface area (Å²) >= 11 is 1.30. The first-order valence-electron chi connectivity index (χ1n) is 8.89. The van der Waals surface area contributed by atoms with Crippen LogP contribution in [0.1, 0.15) is 0 Å². The Kier molecular flexibility index (Phi) is 5.53. The number of rotatable bonds is 6. The number of halogens is 2. The number of aromatic nitrogens is 2. The number of thiophene rings is 1. The van der Waals surface area contributed by atoms with Crippen LogP contribution in [-0.4, -0.2) is 22.1 Å². The third kappa shape index (κ3) is 4.20. The molecule has 0 atom stereocenters. The molecule has 4 rings (SSSR count). The van der Waals surface area contributed by atoms with E-state index in [1.807, 2.05) is 36.4 Å². The predicted octanol–water partition coefficient (Wildman–Crippen LogP) is 4.37. The van der Waals surface area contributed by atoms with Gasteiger partial charge in [0.05, 0.1) is 17.5 Å². The SMILES string of the molecule is O=C(Cn1cnc2cc(-c3ccccc3)sc2c1=O)Nc1ccccc1OC(F)F. The van der Waals surface area contributed by atoms with E-state index in [9.17, 15) is 18.4 Å². The first kappa shape index (κ1) is 19.7. The lowest BCUT2D eigenvalue weighted by Gasteiger charge is -2.12. The van der Waals surface area contributed by atoms with Crippen molar-refractivity contribution < 1.29 is 18.3 Å². The molecule has 6 nitrogen and oxygen atoms in total. The van der Waals surface area contributed by atoms with Crippen LogP contribution in [0.15, 0.2) is 71.8 Å². The number of hydrogen-bond donors (Lipinski definition) is 1. The van der Waals surface area contributed by atoms with Crippen LogP contribution in [0.2, 0.25) is 0 Å². The van der Waals surface area contributed by atoms with Crippen LogP contribution in [0.5, 0.6) is 5.75 Å². The molecule has 0 spiro atoms. The van der Waals surface area contributed by atoms with Gasteiger partial charge in [-0.15, -0.1) is 11.3 Å². The number of nitrogens with one attached hydrogen (secondary N) is 1. The van der Waals surface area contributed by atoms with E-state index in [2.05, 4.69) is 15.0 Å². The highest BCUT2D eigenvalue weighted by molar-refractivity contribution is 7.22. The van der Waals surface area contributed by atoms with Crippen molar-refractivity contribution in [1.29, 1.82) is 0 Å². The van der Waals surface area contributed by atoms with E-state index in [1.165, 1.54) is 40.4 Å². The number of alkyl halides is 2. The van der Waals surface area contributed by atoms with E-state index >= 15 is 0 Å². The fraction of sp³-hybridized carbons (Fsp3) is 0.0952. The molecule has 0 bridgehead atoms. The second-order valence-corrected chi connectivity index (χ2v) is 7.34. The van der Waals surface area contributed by atoms with E-state index in [4.69, 9.17) is 0 Å². The Morgan fingerprint density at radius 3 is 2.63 bits per heavy atom. The maximum atomic E-state index is 12.8. The Morgan fingerprint density at radius 1 is 1.13 bits per heavy atom. The summed E-state index contributed by atoms with van der Waals surface area (Å²) in [6, 6.07) is 17.3. The van der Waals surface area contributed by atoms with Gasteiger partial charge in [0.25, 0.3) is 5.56 Å². The van der Waals surface area contributed by atoms with Crippen molar-refractivity contribution in [2.45, 2.75) is 13.2 Å². The number of nitrogens with zero attached hydrogens (tertiary/aromatic N) is 2. The maximum absolute atomic E-state index is 12.8. The van der Waals surface area contributed by atoms with Crippen LogP contribution >= 0.6 is 11.3 Å². The van der Waals surface area contributed by atoms with E-state index < -0.39 is 12.5 Å². The van der Waals surface area contributed by atoms with Crippen LogP contribution in [0.3, 0.4) is 0 Å². The molecule has 1 amide bonds. The average molecular weight is 427 g/mol. The number of anilines is 1. The van der Waals surface area contributed by atoms with Crippen LogP contribution in [0.4, 0.5) is 14.5 Å². The Labute approximate surface area is 173 Å². The zero-order chi connectivity index (χ0) is 21.1. The van der Waals surface area contributed by atoms with Gasteiger partial charge < -0.3 is 10.1 Å². The normalized spacial score (nSPS) is 11.0. The number of hydrogen-bond acceptors (Lipinski definition) is 5. The summed E-state index contributed by atoms with van der Waals surface area (Å²) in [5, 5.41) is 2.49. The van der Waals surface area contributed by atoms with Gasteiger partial charge in [-0.3, -0.25) is 14.2 Å². The van der Waals surface area contributed by atoms with Crippen molar-refractivity contribution in [3.63, 3.8) is 0 Å². The van der Waals surface area contributed by atoms with Gasteiger partial charge in [-0.25, -0.2) is 4.98 Å². The smallest absolute Gasteiger partial charge is 0.387 e. The molecule has 4 aromatic rings. The molecule has 0 aliphatic rings. The number of carbonyl (C=O) groups excluding carboxylic acids is 1. The van der Waals surface area contributed by atoms with E-state index in [0.717, 1.165) is 10.4 Å². The summed E-state index contributed by atoms with van der Waals surface area (Å²) in [6.07, 6.45) is 1.30. The number of fused-ring (bicyclic) bond motifs is 1. The molecule has 30 heavy (non-hydrogen) atoms. The minimum atomic E-state index is -3.02. The minimum absolute atomic E-state index is 0.0902. The van der Waals surface area contributed by atoms with Crippen LogP contribution in [-0.2, 0) is 11.3 Å². The number of amides is 1. The van der Waals surface area contributed by atoms with E-state index in [1.54, 1.807) is 6.07 Å². The average Bonchev–Trinajstić information content (AvgIpc) is 3.17. The summed E-state index contributed by atoms with van der Waals surface area (Å²) in [4.78, 5) is 30.4. The van der Waals surface area contributed by atoms with Gasteiger partial charge in [-0.2, -0.15) is 8.78 Å². The molecule has 0 saturated carbocycles. The molecular weight excluding hydrogens is 412 g/mol. The Balaban J connectivity index is 1.56. The Hall–Kier alpha value is -3.59. The van der Waals surface area contributed by atoms with Gasteiger partial charge >= 0.3 is 6.61 Å². The number of carbonyl (C=O) groups is 1. The molecule has 152 valence electrons. The summed E-state index contributed by atoms with van der Waals surface area (Å²) in [5.41, 5.74) is 1.27. The van der Waals surface area contributed by atoms with Crippen LogP contribution < -0.4 is 15.6 Å². The largest absolute Gasteiger partial charge is 0.433 e. The van der Waals surface area contributed by atoms with E-state index in [0.29, 0.717) is 10.2 Å². The molecule has 9 heteroatoms. The van der Waals surface area contributed by atoms with Crippen molar-refractivity contribution in [1.82, 2.24) is 9.55 Å². The zero-order valence-electron chi connectivity index (χ0n) is 15.4. The maximum Gasteiger partial charge on any atom is 0.387 e. The molecular formula is C21H15F2N3O3S. The van der Waals surface area contributed by atoms with Crippen molar-refractivity contribution in [3.8, 4) is 16.2 Å². The number of ether oxygens (including phenoxy) is 1. The van der Waals surface area contributed by atoms with Crippen molar-refractivity contribution in [2.75, 3.05) is 5.32 Å². The monoisotopic (exact) mass is 427 g/mol. The molecule has 0 saturated heterocycles. The third-order valence-electron chi connectivity index (χ3n) is 4.25. The molecule has 0 radical (unpaired) electrons. The quantitative estimate of drug-likeness (QED) is 0.496. The fourth-order valence-electron chi connectivity index (χ4n) is 2.92. The van der Waals surface area contributed by atoms with Gasteiger partial charge in [-0.05, 0) is 23.8 Å². The van der Waals surface area contributed by atoms with Crippen LogP contribution in [0.25, 0.3) is 20.7 Å². The first-order valence-corrected chi connectivity index (χ1v) is 9.71. The van der Waals surface area contributed by atoms with E-state index in [-0.39, 0.29) is 23.5 Å². The lowest BCUT2D eigenvalue weighted by atomic mass is 10.2. The fourth-order valence-corrected chi connectivity index (χ4v) is 3.98. The van der Waals surface area contributed by atoms with Gasteiger partial charge in [0.1, 0.15) is 17.0 Å². The minimum Gasteiger partial charge on any atom is -0.433 e. The standard InChI is InChI=1S/C21H15F2N3O3S/c22-21(23)29-16-9-5-4-8-14(16)25-18(27)11-26-12-24-15-10-17(30-19(15)20(26)28)13-6-2-1-3-7-13/h1-10,12,21H,11H2,(H,25,27). The molecule has 2 aromatic carbocycles. The highest BCUT2D eigenvalue weighted by atomic mass is 32.1. The summed E-state index contributed by atoms with van der Waals surface area (Å²) in [5.74, 6) is -0.726. The second kappa shape index (κ2) is 8.42. The molecule has 0 aliphatic heterocycles. The van der Waals surface area contributed by atoms with Gasteiger partial charge in [0.2, 0.25) is 5.91 Å². The van der Waals surface area contributed by atoms with Crippen molar-refractivity contribution >= 4 is 33.1 Å². The van der Waals surface area contributed by atoms with Crippen molar-refractivity contribution in [2.24, 2.45) is 0 Å². The third-order valence-corrected chi connectivity index (χ3v) is 5.41. The highest BCUT2D eigenvalue weighted by Gasteiger charge is 2.15. The highest BCUT2D eigenvalue weighted by Crippen LogP contribution is 2.30. The molecule has 0 unspecified atom stereocenters. The lowest BCUT2D eigenvalue weighted by molar-refractivity contribution is -0.116. The first-order chi connectivity index (χ1) is 14.5. The summed E-state index contributed by atoms with van der Waals surface area (Å²) < 4.78 is 31.1. The zero-order valence-corrected chi connectivity index (χ0v) is 16.2. The lowest BCUT2D eigenvalue weighted by Crippen LogP contribution is -2.27. The van der Waals surface area contributed by atoms with Crippen molar-refractivity contribution in [3.05, 3.63) is 77.3 Å². The molecule has 2 heterocycles. The molecule has 0 aliphatic carbocycles.